The molecule has 0 saturated carbocycles. The molecule has 0 bridgehead atoms. The highest BCUT2D eigenvalue weighted by Gasteiger charge is 2.02. The van der Waals surface area contributed by atoms with Crippen LogP contribution in [-0.4, -0.2) is 13.1 Å². The highest BCUT2D eigenvalue weighted by molar-refractivity contribution is 5.81. The summed E-state index contributed by atoms with van der Waals surface area (Å²) in [7, 11) is 1.38. The van der Waals surface area contributed by atoms with E-state index in [-0.39, 0.29) is 5.97 Å². The molecule has 1 unspecified atom stereocenters. The highest BCUT2D eigenvalue weighted by atomic mass is 16.5. The van der Waals surface area contributed by atoms with Crippen LogP contribution in [0.1, 0.15) is 24.8 Å². The van der Waals surface area contributed by atoms with Crippen molar-refractivity contribution in [3.05, 3.63) is 48.0 Å². The molecule has 1 atom stereocenters. The van der Waals surface area contributed by atoms with Gasteiger partial charge in [-0.15, -0.1) is 0 Å². The number of rotatable bonds is 4. The van der Waals surface area contributed by atoms with E-state index in [1.165, 1.54) is 18.7 Å². The van der Waals surface area contributed by atoms with E-state index >= 15 is 0 Å². The number of carbonyl (C=O) groups excluding carboxylic acids is 1. The molecule has 1 rings (SSSR count). The zero-order chi connectivity index (χ0) is 11.1. The molecule has 0 spiro atoms. The van der Waals surface area contributed by atoms with Gasteiger partial charge in [-0.25, -0.2) is 4.79 Å². The lowest BCUT2D eigenvalue weighted by Crippen LogP contribution is -1.95. The van der Waals surface area contributed by atoms with Gasteiger partial charge >= 0.3 is 5.97 Å². The van der Waals surface area contributed by atoms with Crippen molar-refractivity contribution >= 4 is 5.97 Å². The van der Waals surface area contributed by atoms with Gasteiger partial charge in [0.2, 0.25) is 0 Å². The van der Waals surface area contributed by atoms with Gasteiger partial charge in [-0.05, 0) is 17.9 Å². The summed E-state index contributed by atoms with van der Waals surface area (Å²) in [6, 6.07) is 10.2. The van der Waals surface area contributed by atoms with Crippen molar-refractivity contribution in [1.29, 1.82) is 0 Å². The van der Waals surface area contributed by atoms with Crippen LogP contribution >= 0.6 is 0 Å². The normalized spacial score (nSPS) is 12.7. The van der Waals surface area contributed by atoms with Gasteiger partial charge in [0, 0.05) is 6.08 Å². The molecular weight excluding hydrogens is 188 g/mol. The van der Waals surface area contributed by atoms with Gasteiger partial charge in [-0.2, -0.15) is 0 Å². The Labute approximate surface area is 90.6 Å². The monoisotopic (exact) mass is 204 g/mol. The Morgan fingerprint density at radius 3 is 2.67 bits per heavy atom. The molecule has 0 amide bonds. The lowest BCUT2D eigenvalue weighted by molar-refractivity contribution is -0.134. The zero-order valence-electron chi connectivity index (χ0n) is 9.14. The van der Waals surface area contributed by atoms with E-state index in [1.807, 2.05) is 24.3 Å². The van der Waals surface area contributed by atoms with Gasteiger partial charge in [0.05, 0.1) is 7.11 Å². The van der Waals surface area contributed by atoms with Crippen molar-refractivity contribution in [2.24, 2.45) is 0 Å². The van der Waals surface area contributed by atoms with E-state index in [2.05, 4.69) is 23.8 Å². The van der Waals surface area contributed by atoms with E-state index in [0.29, 0.717) is 5.92 Å². The smallest absolute Gasteiger partial charge is 0.330 e. The van der Waals surface area contributed by atoms with Gasteiger partial charge in [0.25, 0.3) is 0 Å². The number of ether oxygens (including phenoxy) is 1. The summed E-state index contributed by atoms with van der Waals surface area (Å²) in [6.07, 6.45) is 4.17. The van der Waals surface area contributed by atoms with Crippen molar-refractivity contribution in [2.75, 3.05) is 7.11 Å². The van der Waals surface area contributed by atoms with Crippen molar-refractivity contribution in [1.82, 2.24) is 0 Å². The Morgan fingerprint density at radius 1 is 1.40 bits per heavy atom. The van der Waals surface area contributed by atoms with Crippen LogP contribution in [0.4, 0.5) is 0 Å². The fraction of sp³-hybridized carbons (Fsp3) is 0.308. The third-order valence-corrected chi connectivity index (χ3v) is 2.31. The van der Waals surface area contributed by atoms with Crippen molar-refractivity contribution < 1.29 is 9.53 Å². The SMILES string of the molecule is COC(=O)C=CCC(C)c1ccccc1. The molecule has 0 saturated heterocycles. The van der Waals surface area contributed by atoms with Crippen LogP contribution in [0.2, 0.25) is 0 Å². The predicted octanol–water partition coefficient (Wildman–Crippen LogP) is 2.91. The first kappa shape index (κ1) is 11.5. The Bertz CT molecular complexity index is 328. The first-order chi connectivity index (χ1) is 7.24. The fourth-order valence-electron chi connectivity index (χ4n) is 1.35. The van der Waals surface area contributed by atoms with E-state index in [4.69, 9.17) is 0 Å². The maximum absolute atomic E-state index is 10.8. The van der Waals surface area contributed by atoms with Gasteiger partial charge in [-0.1, -0.05) is 43.3 Å². The minimum Gasteiger partial charge on any atom is -0.466 e. The molecule has 0 radical (unpaired) electrons. The molecule has 0 N–H and O–H groups in total. The number of benzene rings is 1. The minimum atomic E-state index is -0.296. The second kappa shape index (κ2) is 6.02. The van der Waals surface area contributed by atoms with Crippen LogP contribution in [0, 0.1) is 0 Å². The number of allylic oxidation sites excluding steroid dienone is 1. The third kappa shape index (κ3) is 3.98. The number of esters is 1. The lowest BCUT2D eigenvalue weighted by Gasteiger charge is -2.07. The molecule has 0 fully saturated rings. The van der Waals surface area contributed by atoms with Crippen molar-refractivity contribution in [2.45, 2.75) is 19.3 Å². The highest BCUT2D eigenvalue weighted by Crippen LogP contribution is 2.18. The average molecular weight is 204 g/mol. The fourth-order valence-corrected chi connectivity index (χ4v) is 1.35. The van der Waals surface area contributed by atoms with Crippen LogP contribution in [-0.2, 0) is 9.53 Å². The second-order valence-electron chi connectivity index (χ2n) is 3.47. The Hall–Kier alpha value is -1.57. The predicted molar refractivity (Wildman–Crippen MR) is 60.6 cm³/mol. The maximum atomic E-state index is 10.8. The number of hydrogen-bond donors (Lipinski definition) is 0. The lowest BCUT2D eigenvalue weighted by atomic mass is 9.98. The molecule has 0 aromatic heterocycles. The number of hydrogen-bond acceptors (Lipinski definition) is 2. The van der Waals surface area contributed by atoms with E-state index < -0.39 is 0 Å². The molecule has 1 aromatic carbocycles. The van der Waals surface area contributed by atoms with E-state index in [0.717, 1.165) is 6.42 Å². The summed E-state index contributed by atoms with van der Waals surface area (Å²) >= 11 is 0. The Morgan fingerprint density at radius 2 is 2.07 bits per heavy atom. The summed E-state index contributed by atoms with van der Waals surface area (Å²) < 4.78 is 4.51. The third-order valence-electron chi connectivity index (χ3n) is 2.31. The van der Waals surface area contributed by atoms with Crippen LogP contribution in [0.5, 0.6) is 0 Å². The molecule has 2 heteroatoms. The first-order valence-electron chi connectivity index (χ1n) is 5.03. The Kier molecular flexibility index (Phi) is 4.61. The molecule has 80 valence electrons. The molecule has 0 heterocycles. The quantitative estimate of drug-likeness (QED) is 0.557. The van der Waals surface area contributed by atoms with E-state index in [1.54, 1.807) is 0 Å². The molecular formula is C13H16O2. The minimum absolute atomic E-state index is 0.296. The summed E-state index contributed by atoms with van der Waals surface area (Å²) in [5.74, 6) is 0.127. The summed E-state index contributed by atoms with van der Waals surface area (Å²) in [5, 5.41) is 0. The molecule has 0 aliphatic heterocycles. The molecule has 0 aliphatic rings. The molecule has 2 nitrogen and oxygen atoms in total. The summed E-state index contributed by atoms with van der Waals surface area (Å²) in [5.41, 5.74) is 1.28. The zero-order valence-corrected chi connectivity index (χ0v) is 9.14. The van der Waals surface area contributed by atoms with Gasteiger partial charge in [-0.3, -0.25) is 0 Å². The van der Waals surface area contributed by atoms with Crippen LogP contribution in [0.25, 0.3) is 0 Å². The number of methoxy groups -OCH3 is 1. The van der Waals surface area contributed by atoms with Crippen LogP contribution in [0.15, 0.2) is 42.5 Å². The van der Waals surface area contributed by atoms with Gasteiger partial charge in [0.15, 0.2) is 0 Å². The average Bonchev–Trinajstić information content (AvgIpc) is 2.29. The topological polar surface area (TPSA) is 26.3 Å². The Balaban J connectivity index is 2.47. The van der Waals surface area contributed by atoms with E-state index in [9.17, 15) is 4.79 Å². The molecule has 1 aromatic rings. The standard InChI is InChI=1S/C13H16O2/c1-11(7-6-10-13(14)15-2)12-8-4-3-5-9-12/h3-6,8-11H,7H2,1-2H3. The van der Waals surface area contributed by atoms with Crippen LogP contribution in [0.3, 0.4) is 0 Å². The van der Waals surface area contributed by atoms with Crippen LogP contribution < -0.4 is 0 Å². The van der Waals surface area contributed by atoms with Gasteiger partial charge in [0.1, 0.15) is 0 Å². The first-order valence-corrected chi connectivity index (χ1v) is 5.03. The largest absolute Gasteiger partial charge is 0.466 e. The maximum Gasteiger partial charge on any atom is 0.330 e. The van der Waals surface area contributed by atoms with Gasteiger partial charge < -0.3 is 4.74 Å². The summed E-state index contributed by atoms with van der Waals surface area (Å²) in [6.45, 7) is 2.14. The number of carbonyl (C=O) groups is 1. The molecule has 15 heavy (non-hydrogen) atoms. The summed E-state index contributed by atoms with van der Waals surface area (Å²) in [4.78, 5) is 10.8. The van der Waals surface area contributed by atoms with Crippen molar-refractivity contribution in [3.63, 3.8) is 0 Å². The van der Waals surface area contributed by atoms with Crippen molar-refractivity contribution in [3.8, 4) is 0 Å². The second-order valence-corrected chi connectivity index (χ2v) is 3.47. The molecule has 0 aliphatic carbocycles.